The van der Waals surface area contributed by atoms with Crippen LogP contribution in [-0.4, -0.2) is 31.1 Å². The van der Waals surface area contributed by atoms with Crippen molar-refractivity contribution in [3.63, 3.8) is 0 Å². The first-order valence-corrected chi connectivity index (χ1v) is 9.93. The summed E-state index contributed by atoms with van der Waals surface area (Å²) in [4.78, 5) is 28.4. The molecular formula is C23H22ClNO4. The normalized spacial score (nSPS) is 15.9. The Hall–Kier alpha value is -2.63. The van der Waals surface area contributed by atoms with Gasteiger partial charge in [-0.1, -0.05) is 29.8 Å². The number of rotatable bonds is 5. The van der Waals surface area contributed by atoms with Gasteiger partial charge in [0.25, 0.3) is 5.91 Å². The highest BCUT2D eigenvalue weighted by Gasteiger charge is 2.42. The molecule has 29 heavy (non-hydrogen) atoms. The Morgan fingerprint density at radius 3 is 2.55 bits per heavy atom. The van der Waals surface area contributed by atoms with Crippen LogP contribution >= 0.6 is 11.6 Å². The fourth-order valence-electron chi connectivity index (χ4n) is 4.08. The smallest absolute Gasteiger partial charge is 0.290 e. The van der Waals surface area contributed by atoms with Gasteiger partial charge in [0.1, 0.15) is 5.58 Å². The molecule has 0 saturated heterocycles. The molecule has 150 valence electrons. The largest absolute Gasteiger partial charge is 0.450 e. The van der Waals surface area contributed by atoms with E-state index in [4.69, 9.17) is 20.8 Å². The maximum absolute atomic E-state index is 13.5. The second-order valence-corrected chi connectivity index (χ2v) is 7.87. The van der Waals surface area contributed by atoms with Crippen LogP contribution in [0.25, 0.3) is 11.0 Å². The molecule has 5 nitrogen and oxygen atoms in total. The van der Waals surface area contributed by atoms with Crippen molar-refractivity contribution in [1.29, 1.82) is 0 Å². The van der Waals surface area contributed by atoms with Crippen LogP contribution in [0, 0.1) is 13.8 Å². The minimum atomic E-state index is -0.506. The summed E-state index contributed by atoms with van der Waals surface area (Å²) in [6.45, 7) is 4.81. The van der Waals surface area contributed by atoms with E-state index in [1.807, 2.05) is 38.1 Å². The lowest BCUT2D eigenvalue weighted by Gasteiger charge is -2.25. The number of methoxy groups -OCH3 is 1. The summed E-state index contributed by atoms with van der Waals surface area (Å²) in [5.74, 6) is -0.137. The molecule has 0 aliphatic carbocycles. The van der Waals surface area contributed by atoms with Crippen molar-refractivity contribution in [2.24, 2.45) is 0 Å². The van der Waals surface area contributed by atoms with Crippen LogP contribution < -0.4 is 5.43 Å². The van der Waals surface area contributed by atoms with E-state index >= 15 is 0 Å². The summed E-state index contributed by atoms with van der Waals surface area (Å²) in [6, 6.07) is 10.5. The SMILES string of the molecule is COCCCN1C(=O)c2oc3c(C)cc(C)cc3c(=O)c2C1c1ccc(Cl)cc1. The van der Waals surface area contributed by atoms with Gasteiger partial charge < -0.3 is 14.1 Å². The molecule has 4 rings (SSSR count). The first-order valence-electron chi connectivity index (χ1n) is 9.55. The van der Waals surface area contributed by atoms with Gasteiger partial charge in [-0.15, -0.1) is 0 Å². The first-order chi connectivity index (χ1) is 13.9. The number of benzene rings is 2. The Labute approximate surface area is 173 Å². The van der Waals surface area contributed by atoms with Crippen molar-refractivity contribution < 1.29 is 13.9 Å². The molecule has 0 bridgehead atoms. The van der Waals surface area contributed by atoms with Crippen LogP contribution in [0.1, 0.15) is 45.3 Å². The molecule has 2 heterocycles. The quantitative estimate of drug-likeness (QED) is 0.573. The number of ether oxygens (including phenoxy) is 1. The number of nitrogens with zero attached hydrogens (tertiary/aromatic N) is 1. The number of carbonyl (C=O) groups is 1. The van der Waals surface area contributed by atoms with E-state index in [0.29, 0.717) is 41.1 Å². The third kappa shape index (κ3) is 3.34. The molecule has 1 unspecified atom stereocenters. The first kappa shape index (κ1) is 19.7. The minimum Gasteiger partial charge on any atom is -0.450 e. The lowest BCUT2D eigenvalue weighted by molar-refractivity contribution is 0.0708. The third-order valence-corrected chi connectivity index (χ3v) is 5.58. The highest BCUT2D eigenvalue weighted by atomic mass is 35.5. The zero-order chi connectivity index (χ0) is 20.7. The van der Waals surface area contributed by atoms with Gasteiger partial charge in [0.15, 0.2) is 5.43 Å². The Morgan fingerprint density at radius 2 is 1.86 bits per heavy atom. The molecule has 1 aromatic heterocycles. The fraction of sp³-hybridized carbons (Fsp3) is 0.304. The van der Waals surface area contributed by atoms with Gasteiger partial charge in [0.05, 0.1) is 17.0 Å². The van der Waals surface area contributed by atoms with E-state index in [1.165, 1.54) is 0 Å². The fourth-order valence-corrected chi connectivity index (χ4v) is 4.20. The van der Waals surface area contributed by atoms with E-state index in [-0.39, 0.29) is 17.1 Å². The summed E-state index contributed by atoms with van der Waals surface area (Å²) in [5, 5.41) is 1.10. The molecule has 0 radical (unpaired) electrons. The van der Waals surface area contributed by atoms with Crippen LogP contribution in [0.2, 0.25) is 5.02 Å². The van der Waals surface area contributed by atoms with Crippen molar-refractivity contribution in [2.75, 3.05) is 20.3 Å². The second-order valence-electron chi connectivity index (χ2n) is 7.43. The molecule has 0 saturated carbocycles. The van der Waals surface area contributed by atoms with Crippen LogP contribution in [0.3, 0.4) is 0 Å². The van der Waals surface area contributed by atoms with Crippen molar-refractivity contribution in [3.05, 3.63) is 79.7 Å². The predicted molar refractivity (Wildman–Crippen MR) is 113 cm³/mol. The lowest BCUT2D eigenvalue weighted by Crippen LogP contribution is -2.31. The predicted octanol–water partition coefficient (Wildman–Crippen LogP) is 4.64. The molecule has 0 spiro atoms. The average molecular weight is 412 g/mol. The van der Waals surface area contributed by atoms with Crippen molar-refractivity contribution >= 4 is 28.5 Å². The Balaban J connectivity index is 1.95. The number of fused-ring (bicyclic) bond motifs is 2. The molecule has 6 heteroatoms. The number of aryl methyl sites for hydroxylation is 2. The Bertz CT molecular complexity index is 1150. The van der Waals surface area contributed by atoms with Gasteiger partial charge >= 0.3 is 0 Å². The molecule has 0 N–H and O–H groups in total. The van der Waals surface area contributed by atoms with Gasteiger partial charge in [-0.25, -0.2) is 0 Å². The number of carbonyl (C=O) groups excluding carboxylic acids is 1. The zero-order valence-corrected chi connectivity index (χ0v) is 17.4. The minimum absolute atomic E-state index is 0.131. The van der Waals surface area contributed by atoms with Crippen LogP contribution in [-0.2, 0) is 4.74 Å². The monoisotopic (exact) mass is 411 g/mol. The summed E-state index contributed by atoms with van der Waals surface area (Å²) < 4.78 is 11.2. The molecule has 1 aliphatic heterocycles. The van der Waals surface area contributed by atoms with E-state index in [0.717, 1.165) is 16.7 Å². The van der Waals surface area contributed by atoms with E-state index in [9.17, 15) is 9.59 Å². The van der Waals surface area contributed by atoms with E-state index in [1.54, 1.807) is 24.1 Å². The lowest BCUT2D eigenvalue weighted by atomic mass is 9.97. The third-order valence-electron chi connectivity index (χ3n) is 5.33. The standard InChI is InChI=1S/C23H22ClNO4/c1-13-11-14(2)21-17(12-13)20(26)18-19(15-5-7-16(24)8-6-15)25(9-4-10-28-3)23(27)22(18)29-21/h5-8,11-12,19H,4,9-10H2,1-3H3. The summed E-state index contributed by atoms with van der Waals surface area (Å²) >= 11 is 6.05. The van der Waals surface area contributed by atoms with Crippen molar-refractivity contribution in [3.8, 4) is 0 Å². The Morgan fingerprint density at radius 1 is 1.14 bits per heavy atom. The van der Waals surface area contributed by atoms with Crippen LogP contribution in [0.5, 0.6) is 0 Å². The second kappa shape index (κ2) is 7.65. The van der Waals surface area contributed by atoms with E-state index < -0.39 is 6.04 Å². The molecule has 0 fully saturated rings. The van der Waals surface area contributed by atoms with Gasteiger partial charge in [-0.2, -0.15) is 0 Å². The molecular weight excluding hydrogens is 390 g/mol. The average Bonchev–Trinajstić information content (AvgIpc) is 2.96. The number of hydrogen-bond donors (Lipinski definition) is 0. The van der Waals surface area contributed by atoms with Gasteiger partial charge in [-0.3, -0.25) is 9.59 Å². The maximum atomic E-state index is 13.5. The molecule has 2 aromatic carbocycles. The van der Waals surface area contributed by atoms with Gasteiger partial charge in [0, 0.05) is 25.3 Å². The van der Waals surface area contributed by atoms with Crippen molar-refractivity contribution in [1.82, 2.24) is 4.90 Å². The summed E-state index contributed by atoms with van der Waals surface area (Å²) in [5.41, 5.74) is 3.36. The van der Waals surface area contributed by atoms with Crippen LogP contribution in [0.4, 0.5) is 0 Å². The highest BCUT2D eigenvalue weighted by molar-refractivity contribution is 6.30. The summed E-state index contributed by atoms with van der Waals surface area (Å²) in [6.07, 6.45) is 0.659. The van der Waals surface area contributed by atoms with Crippen molar-refractivity contribution in [2.45, 2.75) is 26.3 Å². The number of hydrogen-bond acceptors (Lipinski definition) is 4. The highest BCUT2D eigenvalue weighted by Crippen LogP contribution is 2.39. The zero-order valence-electron chi connectivity index (χ0n) is 16.6. The van der Waals surface area contributed by atoms with Gasteiger partial charge in [-0.05, 0) is 55.2 Å². The van der Waals surface area contributed by atoms with Crippen LogP contribution in [0.15, 0.2) is 45.6 Å². The molecule has 1 atom stereocenters. The maximum Gasteiger partial charge on any atom is 0.290 e. The Kier molecular flexibility index (Phi) is 5.19. The molecule has 1 aliphatic rings. The van der Waals surface area contributed by atoms with Gasteiger partial charge in [0.2, 0.25) is 5.76 Å². The summed E-state index contributed by atoms with van der Waals surface area (Å²) in [7, 11) is 1.63. The number of halogens is 1. The number of amides is 1. The van der Waals surface area contributed by atoms with E-state index in [2.05, 4.69) is 0 Å². The topological polar surface area (TPSA) is 59.8 Å². The molecule has 3 aromatic rings. The molecule has 1 amide bonds.